The van der Waals surface area contributed by atoms with E-state index in [1.165, 1.54) is 6.07 Å². The van der Waals surface area contributed by atoms with Gasteiger partial charge >= 0.3 is 5.97 Å². The Morgan fingerprint density at radius 1 is 1.48 bits per heavy atom. The van der Waals surface area contributed by atoms with E-state index in [0.717, 1.165) is 11.8 Å². The Hall–Kier alpha value is -1.41. The van der Waals surface area contributed by atoms with Crippen LogP contribution in [0, 0.1) is 5.82 Å². The molecule has 0 saturated carbocycles. The predicted molar refractivity (Wildman–Crippen MR) is 81.9 cm³/mol. The third-order valence-electron chi connectivity index (χ3n) is 2.70. The highest BCUT2D eigenvalue weighted by Gasteiger charge is 2.20. The van der Waals surface area contributed by atoms with E-state index in [9.17, 15) is 9.18 Å². The maximum atomic E-state index is 13.7. The van der Waals surface area contributed by atoms with Crippen LogP contribution in [0.2, 0.25) is 0 Å². The standard InChI is InChI=1S/C13H13BrFN3O2S/c1-7(2)18-12(8-4-3-5-9(15)11(8)14)16-17-13(18)21-6-10(19)20/h3-5,7H,6H2,1-2H3,(H,19,20). The zero-order valence-electron chi connectivity index (χ0n) is 11.4. The van der Waals surface area contributed by atoms with E-state index in [1.54, 1.807) is 16.7 Å². The van der Waals surface area contributed by atoms with Gasteiger partial charge in [0.2, 0.25) is 0 Å². The first-order chi connectivity index (χ1) is 9.91. The SMILES string of the molecule is CC(C)n1c(SCC(=O)O)nnc1-c1cccc(F)c1Br. The Morgan fingerprint density at radius 2 is 2.19 bits per heavy atom. The van der Waals surface area contributed by atoms with Crippen molar-refractivity contribution in [2.45, 2.75) is 25.0 Å². The second-order valence-corrected chi connectivity index (χ2v) is 6.29. The highest BCUT2D eigenvalue weighted by atomic mass is 79.9. The minimum Gasteiger partial charge on any atom is -0.481 e. The number of carbonyl (C=O) groups is 1. The van der Waals surface area contributed by atoms with Crippen molar-refractivity contribution in [3.8, 4) is 11.4 Å². The number of carboxylic acid groups (broad SMARTS) is 1. The molecule has 0 spiro atoms. The molecule has 8 heteroatoms. The number of aromatic nitrogens is 3. The molecule has 5 nitrogen and oxygen atoms in total. The first-order valence-electron chi connectivity index (χ1n) is 6.15. The third kappa shape index (κ3) is 3.44. The molecule has 1 heterocycles. The van der Waals surface area contributed by atoms with Crippen molar-refractivity contribution in [1.82, 2.24) is 14.8 Å². The number of thioether (sulfide) groups is 1. The number of hydrogen-bond acceptors (Lipinski definition) is 4. The van der Waals surface area contributed by atoms with Crippen molar-refractivity contribution in [1.29, 1.82) is 0 Å². The monoisotopic (exact) mass is 373 g/mol. The van der Waals surface area contributed by atoms with Crippen LogP contribution in [0.4, 0.5) is 4.39 Å². The summed E-state index contributed by atoms with van der Waals surface area (Å²) in [6.45, 7) is 3.87. The summed E-state index contributed by atoms with van der Waals surface area (Å²) in [6.07, 6.45) is 0. The van der Waals surface area contributed by atoms with Crippen LogP contribution < -0.4 is 0 Å². The number of benzene rings is 1. The molecule has 112 valence electrons. The zero-order valence-corrected chi connectivity index (χ0v) is 13.8. The largest absolute Gasteiger partial charge is 0.481 e. The lowest BCUT2D eigenvalue weighted by Crippen LogP contribution is -2.07. The molecule has 0 atom stereocenters. The number of halogens is 2. The van der Waals surface area contributed by atoms with Crippen LogP contribution >= 0.6 is 27.7 Å². The van der Waals surface area contributed by atoms with Gasteiger partial charge in [0.1, 0.15) is 5.82 Å². The summed E-state index contributed by atoms with van der Waals surface area (Å²) in [5, 5.41) is 17.4. The molecule has 2 aromatic rings. The van der Waals surface area contributed by atoms with Gasteiger partial charge in [-0.15, -0.1) is 10.2 Å². The van der Waals surface area contributed by atoms with Crippen molar-refractivity contribution < 1.29 is 14.3 Å². The van der Waals surface area contributed by atoms with Crippen molar-refractivity contribution >= 4 is 33.7 Å². The van der Waals surface area contributed by atoms with Gasteiger partial charge in [-0.25, -0.2) is 4.39 Å². The number of rotatable bonds is 5. The van der Waals surface area contributed by atoms with E-state index in [2.05, 4.69) is 26.1 Å². The molecule has 0 bridgehead atoms. The first-order valence-corrected chi connectivity index (χ1v) is 7.93. The summed E-state index contributed by atoms with van der Waals surface area (Å²) in [5.41, 5.74) is 0.582. The molecule has 2 rings (SSSR count). The van der Waals surface area contributed by atoms with Gasteiger partial charge < -0.3 is 5.11 Å². The Labute approximate surface area is 133 Å². The number of aliphatic carboxylic acids is 1. The van der Waals surface area contributed by atoms with Gasteiger partial charge in [0, 0.05) is 11.6 Å². The van der Waals surface area contributed by atoms with Crippen molar-refractivity contribution in [3.05, 3.63) is 28.5 Å². The van der Waals surface area contributed by atoms with Crippen molar-refractivity contribution in [2.75, 3.05) is 5.75 Å². The van der Waals surface area contributed by atoms with Gasteiger partial charge in [0.15, 0.2) is 11.0 Å². The lowest BCUT2D eigenvalue weighted by atomic mass is 10.2. The highest BCUT2D eigenvalue weighted by molar-refractivity contribution is 9.10. The summed E-state index contributed by atoms with van der Waals surface area (Å²) in [4.78, 5) is 10.7. The van der Waals surface area contributed by atoms with E-state index >= 15 is 0 Å². The van der Waals surface area contributed by atoms with E-state index in [-0.39, 0.29) is 17.6 Å². The maximum absolute atomic E-state index is 13.7. The first kappa shape index (κ1) is 16.0. The maximum Gasteiger partial charge on any atom is 0.313 e. The summed E-state index contributed by atoms with van der Waals surface area (Å²) in [5.74, 6) is -0.906. The van der Waals surface area contributed by atoms with E-state index in [4.69, 9.17) is 5.11 Å². The summed E-state index contributed by atoms with van der Waals surface area (Å²) in [6, 6.07) is 4.70. The average molecular weight is 374 g/mol. The normalized spacial score (nSPS) is 11.1. The predicted octanol–water partition coefficient (Wildman–Crippen LogP) is 3.60. The average Bonchev–Trinajstić information content (AvgIpc) is 2.83. The van der Waals surface area contributed by atoms with Crippen LogP contribution in [0.3, 0.4) is 0 Å². The molecular weight excluding hydrogens is 361 g/mol. The van der Waals surface area contributed by atoms with Crippen LogP contribution in [-0.2, 0) is 4.79 Å². The fourth-order valence-electron chi connectivity index (χ4n) is 1.83. The smallest absolute Gasteiger partial charge is 0.313 e. The molecule has 0 aliphatic heterocycles. The van der Waals surface area contributed by atoms with Gasteiger partial charge in [-0.05, 0) is 41.9 Å². The molecule has 0 amide bonds. The second kappa shape index (κ2) is 6.57. The Morgan fingerprint density at radius 3 is 2.81 bits per heavy atom. The van der Waals surface area contributed by atoms with Crippen LogP contribution in [0.5, 0.6) is 0 Å². The van der Waals surface area contributed by atoms with Crippen LogP contribution in [0.15, 0.2) is 27.8 Å². The van der Waals surface area contributed by atoms with Crippen LogP contribution in [-0.4, -0.2) is 31.6 Å². The molecule has 0 radical (unpaired) electrons. The molecule has 0 saturated heterocycles. The van der Waals surface area contributed by atoms with Gasteiger partial charge in [-0.3, -0.25) is 9.36 Å². The quantitative estimate of drug-likeness (QED) is 0.810. The second-order valence-electron chi connectivity index (χ2n) is 4.55. The van der Waals surface area contributed by atoms with Crippen molar-refractivity contribution in [3.63, 3.8) is 0 Å². The molecule has 21 heavy (non-hydrogen) atoms. The van der Waals surface area contributed by atoms with Crippen LogP contribution in [0.25, 0.3) is 11.4 Å². The van der Waals surface area contributed by atoms with Gasteiger partial charge in [0.05, 0.1) is 10.2 Å². The molecule has 1 aromatic carbocycles. The highest BCUT2D eigenvalue weighted by Crippen LogP contribution is 2.33. The summed E-state index contributed by atoms with van der Waals surface area (Å²) < 4.78 is 15.8. The summed E-state index contributed by atoms with van der Waals surface area (Å²) in [7, 11) is 0. The zero-order chi connectivity index (χ0) is 15.6. The number of nitrogens with zero attached hydrogens (tertiary/aromatic N) is 3. The number of carboxylic acids is 1. The molecule has 0 aliphatic rings. The lowest BCUT2D eigenvalue weighted by molar-refractivity contribution is -0.133. The fourth-order valence-corrected chi connectivity index (χ4v) is 3.06. The molecule has 0 unspecified atom stereocenters. The molecule has 1 aromatic heterocycles. The molecule has 0 fully saturated rings. The Kier molecular flexibility index (Phi) is 5.00. The van der Waals surface area contributed by atoms with Crippen molar-refractivity contribution in [2.24, 2.45) is 0 Å². The van der Waals surface area contributed by atoms with E-state index in [1.807, 2.05) is 13.8 Å². The molecular formula is C13H13BrFN3O2S. The van der Waals surface area contributed by atoms with Gasteiger partial charge in [-0.1, -0.05) is 17.8 Å². The number of hydrogen-bond donors (Lipinski definition) is 1. The third-order valence-corrected chi connectivity index (χ3v) is 4.43. The topological polar surface area (TPSA) is 68.0 Å². The fraction of sp³-hybridized carbons (Fsp3) is 0.308. The summed E-state index contributed by atoms with van der Waals surface area (Å²) >= 11 is 4.30. The van der Waals surface area contributed by atoms with Gasteiger partial charge in [0.25, 0.3) is 0 Å². The molecule has 0 aliphatic carbocycles. The Bertz CT molecular complexity index is 675. The van der Waals surface area contributed by atoms with E-state index in [0.29, 0.717) is 21.0 Å². The minimum absolute atomic E-state index is 0.0152. The minimum atomic E-state index is -0.924. The Balaban J connectivity index is 2.49. The molecule has 1 N–H and O–H groups in total. The van der Waals surface area contributed by atoms with Crippen LogP contribution in [0.1, 0.15) is 19.9 Å². The van der Waals surface area contributed by atoms with Gasteiger partial charge in [-0.2, -0.15) is 0 Å². The van der Waals surface area contributed by atoms with E-state index < -0.39 is 5.97 Å². The lowest BCUT2D eigenvalue weighted by Gasteiger charge is -2.14.